The lowest BCUT2D eigenvalue weighted by Crippen LogP contribution is -2.54. The van der Waals surface area contributed by atoms with E-state index in [9.17, 15) is 14.7 Å². The van der Waals surface area contributed by atoms with E-state index in [-0.39, 0.29) is 25.1 Å². The second-order valence-corrected chi connectivity index (χ2v) is 4.87. The Bertz CT molecular complexity index is 342. The van der Waals surface area contributed by atoms with E-state index < -0.39 is 24.1 Å². The van der Waals surface area contributed by atoms with E-state index >= 15 is 0 Å². The Morgan fingerprint density at radius 1 is 1.33 bits per heavy atom. The lowest BCUT2D eigenvalue weighted by atomic mass is 9.89. The molecule has 0 unspecified atom stereocenters. The number of ether oxygens (including phenoxy) is 1. The van der Waals surface area contributed by atoms with E-state index in [4.69, 9.17) is 9.84 Å². The molecule has 0 aromatic carbocycles. The molecule has 0 radical (unpaired) electrons. The quantitative estimate of drug-likeness (QED) is 0.627. The fourth-order valence-electron chi connectivity index (χ4n) is 2.41. The molecule has 2 aliphatic rings. The number of hydrogen-bond donors (Lipinski definition) is 3. The summed E-state index contributed by atoms with van der Waals surface area (Å²) in [7, 11) is 1.62. The number of likely N-dealkylation sites (tertiary alicyclic amines) is 1. The maximum absolute atomic E-state index is 11.9. The van der Waals surface area contributed by atoms with Crippen molar-refractivity contribution in [3.8, 4) is 0 Å². The highest BCUT2D eigenvalue weighted by Gasteiger charge is 2.40. The number of hydrogen-bond acceptors (Lipinski definition) is 4. The van der Waals surface area contributed by atoms with E-state index in [0.29, 0.717) is 0 Å². The van der Waals surface area contributed by atoms with Crippen molar-refractivity contribution in [2.45, 2.75) is 43.6 Å². The normalized spacial score (nSPS) is 35.1. The van der Waals surface area contributed by atoms with Gasteiger partial charge < -0.3 is 25.2 Å². The predicted octanol–water partition coefficient (Wildman–Crippen LogP) is -0.607. The third kappa shape index (κ3) is 2.56. The van der Waals surface area contributed by atoms with Gasteiger partial charge in [-0.1, -0.05) is 0 Å². The minimum atomic E-state index is -1.08. The molecule has 0 aromatic heterocycles. The summed E-state index contributed by atoms with van der Waals surface area (Å²) in [5, 5.41) is 21.2. The van der Waals surface area contributed by atoms with E-state index in [1.54, 1.807) is 7.11 Å². The Morgan fingerprint density at radius 3 is 2.56 bits per heavy atom. The molecule has 0 aromatic rings. The van der Waals surface area contributed by atoms with Crippen LogP contribution in [-0.2, 0) is 9.53 Å². The van der Waals surface area contributed by atoms with Gasteiger partial charge in [0.05, 0.1) is 12.2 Å². The number of aliphatic carboxylic acids is 1. The summed E-state index contributed by atoms with van der Waals surface area (Å²) in [6.45, 7) is 0.0726. The highest BCUT2D eigenvalue weighted by molar-refractivity contribution is 5.83. The highest BCUT2D eigenvalue weighted by atomic mass is 16.5. The van der Waals surface area contributed by atoms with Crippen molar-refractivity contribution in [1.82, 2.24) is 10.2 Å². The molecule has 1 aliphatic heterocycles. The summed E-state index contributed by atoms with van der Waals surface area (Å²) in [5.74, 6) is -1.08. The number of rotatable bonds is 3. The van der Waals surface area contributed by atoms with Crippen molar-refractivity contribution >= 4 is 12.0 Å². The van der Waals surface area contributed by atoms with Gasteiger partial charge in [0.25, 0.3) is 0 Å². The molecule has 1 saturated carbocycles. The molecule has 1 heterocycles. The number of urea groups is 1. The van der Waals surface area contributed by atoms with Crippen molar-refractivity contribution in [2.75, 3.05) is 13.7 Å². The molecule has 0 bridgehead atoms. The first-order chi connectivity index (χ1) is 8.51. The molecule has 18 heavy (non-hydrogen) atoms. The molecule has 0 spiro atoms. The Morgan fingerprint density at radius 2 is 2.00 bits per heavy atom. The van der Waals surface area contributed by atoms with Crippen LogP contribution in [-0.4, -0.2) is 65.1 Å². The predicted molar refractivity (Wildman–Crippen MR) is 61.1 cm³/mol. The van der Waals surface area contributed by atoms with E-state index in [1.165, 1.54) is 4.90 Å². The second-order valence-electron chi connectivity index (χ2n) is 4.87. The smallest absolute Gasteiger partial charge is 0.326 e. The van der Waals surface area contributed by atoms with Crippen LogP contribution in [0.25, 0.3) is 0 Å². The van der Waals surface area contributed by atoms with Crippen LogP contribution in [0.15, 0.2) is 0 Å². The van der Waals surface area contributed by atoms with Crippen LogP contribution in [0.3, 0.4) is 0 Å². The maximum Gasteiger partial charge on any atom is 0.326 e. The minimum absolute atomic E-state index is 0.0367. The van der Waals surface area contributed by atoms with Crippen molar-refractivity contribution in [1.29, 1.82) is 0 Å². The maximum atomic E-state index is 11.9. The molecule has 3 N–H and O–H groups in total. The molecule has 1 aliphatic carbocycles. The standard InChI is InChI=1S/C11H18N2O5/c1-18-8-2-6(3-8)12-11(17)13-5-7(14)4-9(13)10(15)16/h6-9,14H,2-5H2,1H3,(H,12,17)(H,15,16)/t6?,7-,8?,9+/m1/s1. The number of methoxy groups -OCH3 is 1. The first-order valence-corrected chi connectivity index (χ1v) is 6.02. The number of carbonyl (C=O) groups is 2. The summed E-state index contributed by atoms with van der Waals surface area (Å²) in [4.78, 5) is 24.1. The van der Waals surface area contributed by atoms with E-state index in [1.807, 2.05) is 0 Å². The first-order valence-electron chi connectivity index (χ1n) is 6.02. The average Bonchev–Trinajstić information content (AvgIpc) is 2.65. The van der Waals surface area contributed by atoms with Crippen molar-refractivity contribution in [2.24, 2.45) is 0 Å². The fraction of sp³-hybridized carbons (Fsp3) is 0.818. The summed E-state index contributed by atoms with van der Waals surface area (Å²) in [6.07, 6.45) is 1.00. The van der Waals surface area contributed by atoms with Gasteiger partial charge in [0.2, 0.25) is 0 Å². The van der Waals surface area contributed by atoms with Crippen LogP contribution in [0, 0.1) is 0 Å². The van der Waals surface area contributed by atoms with Crippen LogP contribution in [0.2, 0.25) is 0 Å². The van der Waals surface area contributed by atoms with Crippen LogP contribution in [0.4, 0.5) is 4.79 Å². The summed E-state index contributed by atoms with van der Waals surface area (Å²) in [6, 6.07) is -1.31. The number of carboxylic acids is 1. The number of amides is 2. The third-order valence-corrected chi connectivity index (χ3v) is 3.58. The molecule has 2 fully saturated rings. The van der Waals surface area contributed by atoms with Crippen LogP contribution in [0.5, 0.6) is 0 Å². The molecular weight excluding hydrogens is 240 g/mol. The number of nitrogens with zero attached hydrogens (tertiary/aromatic N) is 1. The van der Waals surface area contributed by atoms with Crippen LogP contribution >= 0.6 is 0 Å². The van der Waals surface area contributed by atoms with Gasteiger partial charge in [0.15, 0.2) is 0 Å². The largest absolute Gasteiger partial charge is 0.480 e. The number of aliphatic hydroxyl groups excluding tert-OH is 1. The van der Waals surface area contributed by atoms with E-state index in [0.717, 1.165) is 12.8 Å². The zero-order valence-corrected chi connectivity index (χ0v) is 10.2. The van der Waals surface area contributed by atoms with Gasteiger partial charge in [-0.3, -0.25) is 0 Å². The van der Waals surface area contributed by atoms with Crippen LogP contribution in [0.1, 0.15) is 19.3 Å². The minimum Gasteiger partial charge on any atom is -0.480 e. The van der Waals surface area contributed by atoms with Gasteiger partial charge in [0, 0.05) is 26.1 Å². The molecule has 1 saturated heterocycles. The third-order valence-electron chi connectivity index (χ3n) is 3.58. The van der Waals surface area contributed by atoms with Gasteiger partial charge in [-0.05, 0) is 12.8 Å². The highest BCUT2D eigenvalue weighted by Crippen LogP contribution is 2.24. The Balaban J connectivity index is 1.86. The summed E-state index contributed by atoms with van der Waals surface area (Å²) < 4.78 is 5.10. The number of carbonyl (C=O) groups excluding carboxylic acids is 1. The summed E-state index contributed by atoms with van der Waals surface area (Å²) in [5.41, 5.74) is 0. The van der Waals surface area contributed by atoms with Crippen LogP contribution < -0.4 is 5.32 Å². The lowest BCUT2D eigenvalue weighted by molar-refractivity contribution is -0.141. The van der Waals surface area contributed by atoms with E-state index in [2.05, 4.69) is 5.32 Å². The molecular formula is C11H18N2O5. The van der Waals surface area contributed by atoms with Gasteiger partial charge in [-0.25, -0.2) is 9.59 Å². The topological polar surface area (TPSA) is 99.1 Å². The molecule has 2 atom stereocenters. The molecule has 102 valence electrons. The lowest BCUT2D eigenvalue weighted by Gasteiger charge is -2.36. The average molecular weight is 258 g/mol. The number of β-amino-alcohol motifs (C(OH)–C–C–N with tert-alkyl or cyclic N) is 1. The Hall–Kier alpha value is -1.34. The number of aliphatic hydroxyl groups is 1. The fourth-order valence-corrected chi connectivity index (χ4v) is 2.41. The van der Waals surface area contributed by atoms with Crippen molar-refractivity contribution in [3.63, 3.8) is 0 Å². The monoisotopic (exact) mass is 258 g/mol. The van der Waals surface area contributed by atoms with Gasteiger partial charge >= 0.3 is 12.0 Å². The van der Waals surface area contributed by atoms with Crippen molar-refractivity contribution < 1.29 is 24.5 Å². The Kier molecular flexibility index (Phi) is 3.72. The SMILES string of the molecule is COC1CC(NC(=O)N2C[C@H](O)C[C@H]2C(=O)O)C1. The molecule has 2 rings (SSSR count). The van der Waals surface area contributed by atoms with Gasteiger partial charge in [-0.2, -0.15) is 0 Å². The second kappa shape index (κ2) is 5.11. The summed E-state index contributed by atoms with van der Waals surface area (Å²) >= 11 is 0. The zero-order chi connectivity index (χ0) is 13.3. The van der Waals surface area contributed by atoms with Crippen molar-refractivity contribution in [3.05, 3.63) is 0 Å². The molecule has 7 nitrogen and oxygen atoms in total. The number of carboxylic acid groups (broad SMARTS) is 1. The number of nitrogens with one attached hydrogen (secondary N) is 1. The molecule has 2 amide bonds. The molecule has 7 heteroatoms. The zero-order valence-electron chi connectivity index (χ0n) is 10.2. The van der Waals surface area contributed by atoms with Gasteiger partial charge in [0.1, 0.15) is 6.04 Å². The first kappa shape index (κ1) is 13.1. The van der Waals surface area contributed by atoms with Gasteiger partial charge in [-0.15, -0.1) is 0 Å². The Labute approximate surface area is 105 Å².